The molecule has 118 valence electrons. The van der Waals surface area contributed by atoms with Gasteiger partial charge in [0.2, 0.25) is 5.91 Å². The van der Waals surface area contributed by atoms with Crippen LogP contribution in [0.15, 0.2) is 46.7 Å². The van der Waals surface area contributed by atoms with E-state index in [1.54, 1.807) is 35.2 Å². The first-order valence-corrected chi connectivity index (χ1v) is 9.28. The lowest BCUT2D eigenvalue weighted by Crippen LogP contribution is -2.24. The summed E-state index contributed by atoms with van der Waals surface area (Å²) >= 11 is 3.42. The van der Waals surface area contributed by atoms with Gasteiger partial charge in [0.1, 0.15) is 5.82 Å². The van der Waals surface area contributed by atoms with Crippen molar-refractivity contribution >= 4 is 29.0 Å². The molecule has 0 saturated heterocycles. The standard InChI is InChI=1S/C17H20FNOS2/c18-14-7-9-16(10-8-14)22-13-3-11-19-17(20)6-1-4-15-5-2-12-21-15/h2,5,7-10,12H,1,3-4,6,11,13H2,(H,19,20). The molecule has 0 aliphatic carbocycles. The van der Waals surface area contributed by atoms with Crippen LogP contribution >= 0.6 is 23.1 Å². The molecule has 1 heterocycles. The third-order valence-electron chi connectivity index (χ3n) is 3.13. The van der Waals surface area contributed by atoms with Gasteiger partial charge in [0.25, 0.3) is 0 Å². The zero-order chi connectivity index (χ0) is 15.6. The van der Waals surface area contributed by atoms with Crippen LogP contribution in [0.2, 0.25) is 0 Å². The number of hydrogen-bond acceptors (Lipinski definition) is 3. The lowest BCUT2D eigenvalue weighted by molar-refractivity contribution is -0.121. The molecule has 2 aromatic rings. The molecule has 1 aromatic carbocycles. The summed E-state index contributed by atoms with van der Waals surface area (Å²) < 4.78 is 12.8. The van der Waals surface area contributed by atoms with E-state index in [4.69, 9.17) is 0 Å². The largest absolute Gasteiger partial charge is 0.356 e. The SMILES string of the molecule is O=C(CCCc1cccs1)NCCCSc1ccc(F)cc1. The number of thiophene rings is 1. The van der Waals surface area contributed by atoms with Gasteiger partial charge < -0.3 is 5.32 Å². The molecule has 5 heteroatoms. The Morgan fingerprint density at radius 2 is 2.00 bits per heavy atom. The van der Waals surface area contributed by atoms with Crippen LogP contribution in [0.25, 0.3) is 0 Å². The lowest BCUT2D eigenvalue weighted by Gasteiger charge is -2.05. The minimum Gasteiger partial charge on any atom is -0.356 e. The quantitative estimate of drug-likeness (QED) is 0.539. The summed E-state index contributed by atoms with van der Waals surface area (Å²) in [5.74, 6) is 0.837. The maximum atomic E-state index is 12.8. The maximum Gasteiger partial charge on any atom is 0.220 e. The molecule has 0 spiro atoms. The summed E-state index contributed by atoms with van der Waals surface area (Å²) in [6, 6.07) is 10.6. The van der Waals surface area contributed by atoms with Crippen molar-refractivity contribution in [2.24, 2.45) is 0 Å². The highest BCUT2D eigenvalue weighted by atomic mass is 32.2. The number of benzene rings is 1. The lowest BCUT2D eigenvalue weighted by atomic mass is 10.2. The van der Waals surface area contributed by atoms with Crippen LogP contribution in [0.4, 0.5) is 4.39 Å². The van der Waals surface area contributed by atoms with Crippen LogP contribution in [0, 0.1) is 5.82 Å². The number of carbonyl (C=O) groups excluding carboxylic acids is 1. The van der Waals surface area contributed by atoms with Crippen LogP contribution in [0.1, 0.15) is 24.1 Å². The molecule has 0 fully saturated rings. The Hall–Kier alpha value is -1.33. The second kappa shape index (κ2) is 9.64. The van der Waals surface area contributed by atoms with Crippen LogP contribution in [0.3, 0.4) is 0 Å². The van der Waals surface area contributed by atoms with Crippen molar-refractivity contribution in [1.82, 2.24) is 5.32 Å². The van der Waals surface area contributed by atoms with E-state index in [0.717, 1.165) is 29.9 Å². The predicted octanol–water partition coefficient (Wildman–Crippen LogP) is 4.51. The van der Waals surface area contributed by atoms with E-state index in [1.165, 1.54) is 17.0 Å². The van der Waals surface area contributed by atoms with Crippen molar-refractivity contribution in [2.75, 3.05) is 12.3 Å². The van der Waals surface area contributed by atoms with E-state index in [9.17, 15) is 9.18 Å². The summed E-state index contributed by atoms with van der Waals surface area (Å²) in [6.07, 6.45) is 3.38. The summed E-state index contributed by atoms with van der Waals surface area (Å²) in [5.41, 5.74) is 0. The maximum absolute atomic E-state index is 12.8. The Bertz CT molecular complexity index is 555. The molecule has 0 unspecified atom stereocenters. The number of halogens is 1. The minimum absolute atomic E-state index is 0.128. The molecular weight excluding hydrogens is 317 g/mol. The highest BCUT2D eigenvalue weighted by Crippen LogP contribution is 2.18. The van der Waals surface area contributed by atoms with E-state index in [1.807, 2.05) is 6.07 Å². The van der Waals surface area contributed by atoms with Gasteiger partial charge in [-0.15, -0.1) is 23.1 Å². The van der Waals surface area contributed by atoms with Gasteiger partial charge in [0.15, 0.2) is 0 Å². The number of hydrogen-bond donors (Lipinski definition) is 1. The fraction of sp³-hybridized carbons (Fsp3) is 0.353. The highest BCUT2D eigenvalue weighted by molar-refractivity contribution is 7.99. The van der Waals surface area contributed by atoms with Crippen LogP contribution in [-0.2, 0) is 11.2 Å². The Labute approximate surface area is 139 Å². The molecule has 0 aliphatic heterocycles. The molecule has 0 atom stereocenters. The Balaban J connectivity index is 1.49. The number of amides is 1. The Morgan fingerprint density at radius 1 is 1.18 bits per heavy atom. The molecule has 0 aliphatic rings. The monoisotopic (exact) mass is 337 g/mol. The highest BCUT2D eigenvalue weighted by Gasteiger charge is 2.02. The average molecular weight is 337 g/mol. The second-order valence-corrected chi connectivity index (χ2v) is 7.14. The fourth-order valence-corrected chi connectivity index (χ4v) is 3.59. The van der Waals surface area contributed by atoms with E-state index in [-0.39, 0.29) is 11.7 Å². The number of aryl methyl sites for hydroxylation is 1. The van der Waals surface area contributed by atoms with Crippen molar-refractivity contribution in [3.05, 3.63) is 52.5 Å². The minimum atomic E-state index is -0.209. The van der Waals surface area contributed by atoms with Gasteiger partial charge >= 0.3 is 0 Å². The van der Waals surface area contributed by atoms with Gasteiger partial charge in [0, 0.05) is 22.7 Å². The Kier molecular flexibility index (Phi) is 7.46. The first-order chi connectivity index (χ1) is 10.7. The van der Waals surface area contributed by atoms with Gasteiger partial charge in [-0.1, -0.05) is 6.07 Å². The molecule has 0 saturated carbocycles. The fourth-order valence-electron chi connectivity index (χ4n) is 1.99. The molecule has 1 aromatic heterocycles. The number of nitrogens with one attached hydrogen (secondary N) is 1. The Morgan fingerprint density at radius 3 is 2.73 bits per heavy atom. The van der Waals surface area contributed by atoms with Gasteiger partial charge in [-0.3, -0.25) is 4.79 Å². The normalized spacial score (nSPS) is 10.6. The molecule has 0 radical (unpaired) electrons. The molecule has 2 rings (SSSR count). The summed E-state index contributed by atoms with van der Waals surface area (Å²) in [6.45, 7) is 0.700. The molecule has 2 nitrogen and oxygen atoms in total. The summed E-state index contributed by atoms with van der Waals surface area (Å²) in [4.78, 5) is 14.1. The zero-order valence-electron chi connectivity index (χ0n) is 12.4. The molecular formula is C17H20FNOS2. The van der Waals surface area contributed by atoms with Crippen molar-refractivity contribution in [3.63, 3.8) is 0 Å². The van der Waals surface area contributed by atoms with Crippen molar-refractivity contribution in [2.45, 2.75) is 30.6 Å². The first-order valence-electron chi connectivity index (χ1n) is 7.41. The molecule has 22 heavy (non-hydrogen) atoms. The average Bonchev–Trinajstić information content (AvgIpc) is 3.02. The topological polar surface area (TPSA) is 29.1 Å². The molecule has 0 bridgehead atoms. The van der Waals surface area contributed by atoms with Crippen molar-refractivity contribution < 1.29 is 9.18 Å². The van der Waals surface area contributed by atoms with Crippen LogP contribution in [-0.4, -0.2) is 18.2 Å². The smallest absolute Gasteiger partial charge is 0.220 e. The van der Waals surface area contributed by atoms with Gasteiger partial charge in [0.05, 0.1) is 0 Å². The summed E-state index contributed by atoms with van der Waals surface area (Å²) in [5, 5.41) is 5.01. The van der Waals surface area contributed by atoms with E-state index >= 15 is 0 Å². The van der Waals surface area contributed by atoms with E-state index in [0.29, 0.717) is 13.0 Å². The van der Waals surface area contributed by atoms with E-state index in [2.05, 4.69) is 16.8 Å². The van der Waals surface area contributed by atoms with Gasteiger partial charge in [-0.25, -0.2) is 4.39 Å². The first kappa shape index (κ1) is 17.0. The number of rotatable bonds is 9. The third-order valence-corrected chi connectivity index (χ3v) is 5.17. The molecule has 1 amide bonds. The van der Waals surface area contributed by atoms with Gasteiger partial charge in [-0.2, -0.15) is 0 Å². The number of carbonyl (C=O) groups is 1. The van der Waals surface area contributed by atoms with Gasteiger partial charge in [-0.05, 0) is 60.7 Å². The van der Waals surface area contributed by atoms with E-state index < -0.39 is 0 Å². The van der Waals surface area contributed by atoms with Crippen LogP contribution < -0.4 is 5.32 Å². The zero-order valence-corrected chi connectivity index (χ0v) is 14.0. The van der Waals surface area contributed by atoms with Crippen molar-refractivity contribution in [3.8, 4) is 0 Å². The predicted molar refractivity (Wildman–Crippen MR) is 92.0 cm³/mol. The third kappa shape index (κ3) is 6.62. The van der Waals surface area contributed by atoms with Crippen molar-refractivity contribution in [1.29, 1.82) is 0 Å². The molecule has 1 N–H and O–H groups in total. The second-order valence-electron chi connectivity index (χ2n) is 4.94. The number of thioether (sulfide) groups is 1. The van der Waals surface area contributed by atoms with Crippen LogP contribution in [0.5, 0.6) is 0 Å². The summed E-state index contributed by atoms with van der Waals surface area (Å²) in [7, 11) is 0.